The number of carbonyl (C=O) groups excluding carboxylic acids is 2. The zero-order chi connectivity index (χ0) is 16.9. The molecule has 2 saturated heterocycles. The molecule has 2 fully saturated rings. The van der Waals surface area contributed by atoms with Gasteiger partial charge < -0.3 is 15.0 Å². The van der Waals surface area contributed by atoms with Crippen LogP contribution in [0.2, 0.25) is 0 Å². The van der Waals surface area contributed by atoms with Gasteiger partial charge in [-0.3, -0.25) is 14.3 Å². The largest absolute Gasteiger partial charge is 0.381 e. The Kier molecular flexibility index (Phi) is 5.30. The first-order valence-electron chi connectivity index (χ1n) is 8.46. The van der Waals surface area contributed by atoms with Crippen LogP contribution >= 0.6 is 0 Å². The van der Waals surface area contributed by atoms with E-state index >= 15 is 0 Å². The monoisotopic (exact) mass is 332 g/mol. The lowest BCUT2D eigenvalue weighted by atomic mass is 10.0. The fourth-order valence-corrected chi connectivity index (χ4v) is 3.29. The summed E-state index contributed by atoms with van der Waals surface area (Å²) in [5.74, 6) is 0.233. The number of carbonyl (C=O) groups is 2. The predicted molar refractivity (Wildman–Crippen MR) is 88.3 cm³/mol. The number of likely N-dealkylation sites (tertiary alicyclic amines) is 1. The second-order valence-corrected chi connectivity index (χ2v) is 6.42. The number of ether oxygens (including phenoxy) is 1. The molecule has 1 N–H and O–H groups in total. The van der Waals surface area contributed by atoms with Gasteiger partial charge in [-0.25, -0.2) is 0 Å². The van der Waals surface area contributed by atoms with E-state index in [1.54, 1.807) is 9.58 Å². The second-order valence-electron chi connectivity index (χ2n) is 6.42. The zero-order valence-corrected chi connectivity index (χ0v) is 13.8. The second kappa shape index (κ2) is 7.61. The van der Waals surface area contributed by atoms with E-state index in [0.29, 0.717) is 12.5 Å². The number of amides is 2. The number of rotatable bonds is 5. The Bertz CT molecular complexity index is 607. The Morgan fingerprint density at radius 1 is 1.46 bits per heavy atom. The van der Waals surface area contributed by atoms with E-state index in [1.807, 2.05) is 12.4 Å². The summed E-state index contributed by atoms with van der Waals surface area (Å²) in [5, 5.41) is 7.18. The van der Waals surface area contributed by atoms with Crippen LogP contribution in [0.3, 0.4) is 0 Å². The molecule has 0 aliphatic carbocycles. The molecule has 1 aromatic rings. The Morgan fingerprint density at radius 3 is 3.08 bits per heavy atom. The van der Waals surface area contributed by atoms with Gasteiger partial charge in [0.2, 0.25) is 11.8 Å². The first kappa shape index (κ1) is 16.7. The Balaban J connectivity index is 1.54. The van der Waals surface area contributed by atoms with Crippen LogP contribution in [0.25, 0.3) is 0 Å². The van der Waals surface area contributed by atoms with Crippen LogP contribution in [0.5, 0.6) is 0 Å². The minimum atomic E-state index is -0.190. The first-order chi connectivity index (χ1) is 11.7. The van der Waals surface area contributed by atoms with Crippen LogP contribution in [-0.4, -0.2) is 58.8 Å². The van der Waals surface area contributed by atoms with Crippen LogP contribution in [0.4, 0.5) is 0 Å². The first-order valence-corrected chi connectivity index (χ1v) is 8.46. The van der Waals surface area contributed by atoms with Gasteiger partial charge in [0.1, 0.15) is 6.54 Å². The average Bonchev–Trinajstić information content (AvgIpc) is 3.26. The number of nitrogens with one attached hydrogen (secondary N) is 1. The SMILES string of the molecule is C=CC(=O)N[C@@H]1CCCN(C(=O)Cn2cc(C3CCOC3)cn2)C1. The van der Waals surface area contributed by atoms with E-state index in [9.17, 15) is 9.59 Å². The molecule has 130 valence electrons. The van der Waals surface area contributed by atoms with E-state index in [2.05, 4.69) is 17.0 Å². The number of hydrogen-bond acceptors (Lipinski definition) is 4. The number of aromatic nitrogens is 2. The fraction of sp³-hybridized carbons (Fsp3) is 0.588. The summed E-state index contributed by atoms with van der Waals surface area (Å²) in [6.07, 6.45) is 7.82. The summed E-state index contributed by atoms with van der Waals surface area (Å²) >= 11 is 0. The quantitative estimate of drug-likeness (QED) is 0.805. The third-order valence-corrected chi connectivity index (χ3v) is 4.66. The minimum absolute atomic E-state index is 0.00276. The van der Waals surface area contributed by atoms with Crippen molar-refractivity contribution >= 4 is 11.8 Å². The Hall–Kier alpha value is -2.15. The lowest BCUT2D eigenvalue weighted by Gasteiger charge is -2.33. The van der Waals surface area contributed by atoms with E-state index < -0.39 is 0 Å². The molecule has 3 heterocycles. The average molecular weight is 332 g/mol. The van der Waals surface area contributed by atoms with Crippen molar-refractivity contribution in [3.8, 4) is 0 Å². The number of piperidine rings is 1. The lowest BCUT2D eigenvalue weighted by molar-refractivity contribution is -0.134. The summed E-state index contributed by atoms with van der Waals surface area (Å²) < 4.78 is 7.09. The molecule has 0 spiro atoms. The van der Waals surface area contributed by atoms with Crippen molar-refractivity contribution in [3.05, 3.63) is 30.6 Å². The molecular weight excluding hydrogens is 308 g/mol. The van der Waals surface area contributed by atoms with Crippen molar-refractivity contribution in [1.29, 1.82) is 0 Å². The molecule has 7 nitrogen and oxygen atoms in total. The smallest absolute Gasteiger partial charge is 0.244 e. The predicted octanol–water partition coefficient (Wildman–Crippen LogP) is 0.680. The summed E-state index contributed by atoms with van der Waals surface area (Å²) in [7, 11) is 0. The third kappa shape index (κ3) is 4.03. The Morgan fingerprint density at radius 2 is 2.33 bits per heavy atom. The van der Waals surface area contributed by atoms with Crippen molar-refractivity contribution in [2.45, 2.75) is 37.8 Å². The van der Waals surface area contributed by atoms with Crippen LogP contribution in [-0.2, 0) is 20.9 Å². The highest BCUT2D eigenvalue weighted by Gasteiger charge is 2.25. The highest BCUT2D eigenvalue weighted by Crippen LogP contribution is 2.24. The molecular formula is C17H24N4O3. The van der Waals surface area contributed by atoms with Crippen LogP contribution in [0.1, 0.15) is 30.7 Å². The number of nitrogens with zero attached hydrogens (tertiary/aromatic N) is 3. The third-order valence-electron chi connectivity index (χ3n) is 4.66. The van der Waals surface area contributed by atoms with Crippen LogP contribution in [0, 0.1) is 0 Å². The fourth-order valence-electron chi connectivity index (χ4n) is 3.29. The summed E-state index contributed by atoms with van der Waals surface area (Å²) in [5.41, 5.74) is 1.13. The Labute approximate surface area is 141 Å². The molecule has 24 heavy (non-hydrogen) atoms. The van der Waals surface area contributed by atoms with Gasteiger partial charge >= 0.3 is 0 Å². The molecule has 0 radical (unpaired) electrons. The molecule has 3 rings (SSSR count). The minimum Gasteiger partial charge on any atom is -0.381 e. The van der Waals surface area contributed by atoms with Gasteiger partial charge in [-0.2, -0.15) is 5.10 Å². The van der Waals surface area contributed by atoms with E-state index in [4.69, 9.17) is 4.74 Å². The van der Waals surface area contributed by atoms with Gasteiger partial charge in [0.15, 0.2) is 0 Å². The van der Waals surface area contributed by atoms with E-state index in [-0.39, 0.29) is 24.4 Å². The number of hydrogen-bond donors (Lipinski definition) is 1. The highest BCUT2D eigenvalue weighted by atomic mass is 16.5. The van der Waals surface area contributed by atoms with Gasteiger partial charge in [-0.15, -0.1) is 0 Å². The standard InChI is InChI=1S/C17H24N4O3/c1-2-16(22)19-15-4-3-6-20(10-15)17(23)11-21-9-14(8-18-21)13-5-7-24-12-13/h2,8-9,13,15H,1,3-7,10-12H2,(H,19,22)/t13?,15-/m1/s1. The molecule has 1 unspecified atom stereocenters. The summed E-state index contributed by atoms with van der Waals surface area (Å²) in [4.78, 5) is 25.7. The van der Waals surface area contributed by atoms with Crippen LogP contribution in [0.15, 0.2) is 25.0 Å². The lowest BCUT2D eigenvalue weighted by Crippen LogP contribution is -2.50. The maximum Gasteiger partial charge on any atom is 0.244 e. The molecule has 1 aromatic heterocycles. The molecule has 2 amide bonds. The van der Waals surface area contributed by atoms with E-state index in [1.165, 1.54) is 6.08 Å². The molecule has 2 atom stereocenters. The molecule has 2 aliphatic rings. The molecule has 0 saturated carbocycles. The molecule has 2 aliphatic heterocycles. The van der Waals surface area contributed by atoms with Gasteiger partial charge in [-0.1, -0.05) is 6.58 Å². The van der Waals surface area contributed by atoms with Gasteiger partial charge in [-0.05, 0) is 30.9 Å². The maximum atomic E-state index is 12.5. The van der Waals surface area contributed by atoms with Crippen molar-refractivity contribution in [3.63, 3.8) is 0 Å². The molecule has 7 heteroatoms. The van der Waals surface area contributed by atoms with Gasteiger partial charge in [0.25, 0.3) is 0 Å². The topological polar surface area (TPSA) is 76.5 Å². The van der Waals surface area contributed by atoms with Crippen LogP contribution < -0.4 is 5.32 Å². The van der Waals surface area contributed by atoms with Crippen molar-refractivity contribution in [2.75, 3.05) is 26.3 Å². The maximum absolute atomic E-state index is 12.5. The zero-order valence-electron chi connectivity index (χ0n) is 13.8. The van der Waals surface area contributed by atoms with E-state index in [0.717, 1.165) is 44.6 Å². The van der Waals surface area contributed by atoms with Gasteiger partial charge in [0, 0.05) is 37.9 Å². The van der Waals surface area contributed by atoms with Crippen molar-refractivity contribution in [2.24, 2.45) is 0 Å². The highest BCUT2D eigenvalue weighted by molar-refractivity contribution is 5.87. The summed E-state index contributed by atoms with van der Waals surface area (Å²) in [6, 6.07) is -0.00276. The molecule has 0 aromatic carbocycles. The summed E-state index contributed by atoms with van der Waals surface area (Å²) in [6.45, 7) is 6.49. The molecule has 0 bridgehead atoms. The van der Waals surface area contributed by atoms with Crippen molar-refractivity contribution < 1.29 is 14.3 Å². The van der Waals surface area contributed by atoms with Gasteiger partial charge in [0.05, 0.1) is 12.8 Å². The van der Waals surface area contributed by atoms with Crippen molar-refractivity contribution in [1.82, 2.24) is 20.0 Å². The normalized spacial score (nSPS) is 23.9.